The van der Waals surface area contributed by atoms with Crippen LogP contribution in [0.25, 0.3) is 0 Å². The van der Waals surface area contributed by atoms with Gasteiger partial charge in [0.25, 0.3) is 5.91 Å². The number of aryl methyl sites for hydroxylation is 2. The summed E-state index contributed by atoms with van der Waals surface area (Å²) in [6.07, 6.45) is 6.10. The van der Waals surface area contributed by atoms with E-state index in [0.717, 1.165) is 36.5 Å². The third kappa shape index (κ3) is 2.60. The monoisotopic (exact) mass is 249 g/mol. The van der Waals surface area contributed by atoms with E-state index in [1.54, 1.807) is 0 Å². The van der Waals surface area contributed by atoms with Gasteiger partial charge in [-0.1, -0.05) is 19.3 Å². The van der Waals surface area contributed by atoms with E-state index >= 15 is 0 Å². The number of amides is 1. The summed E-state index contributed by atoms with van der Waals surface area (Å²) in [4.78, 5) is 14.6. The zero-order valence-corrected chi connectivity index (χ0v) is 11.7. The van der Waals surface area contributed by atoms with Crippen molar-refractivity contribution in [1.82, 2.24) is 4.90 Å². The smallest absolute Gasteiger partial charge is 0.257 e. The summed E-state index contributed by atoms with van der Waals surface area (Å²) in [5.41, 5.74) is 0.736. The first-order valence-corrected chi connectivity index (χ1v) is 7.01. The van der Waals surface area contributed by atoms with E-state index in [-0.39, 0.29) is 5.91 Å². The number of rotatable bonds is 3. The van der Waals surface area contributed by atoms with E-state index in [2.05, 4.69) is 6.92 Å². The van der Waals surface area contributed by atoms with Gasteiger partial charge in [-0.25, -0.2) is 0 Å². The quantitative estimate of drug-likeness (QED) is 0.818. The highest BCUT2D eigenvalue weighted by Gasteiger charge is 2.26. The van der Waals surface area contributed by atoms with E-state index in [1.807, 2.05) is 24.8 Å². The predicted molar refractivity (Wildman–Crippen MR) is 71.8 cm³/mol. The number of furan rings is 1. The van der Waals surface area contributed by atoms with Crippen LogP contribution in [0, 0.1) is 13.8 Å². The second-order valence-corrected chi connectivity index (χ2v) is 5.21. The minimum Gasteiger partial charge on any atom is -0.466 e. The van der Waals surface area contributed by atoms with Gasteiger partial charge in [0.1, 0.15) is 11.5 Å². The van der Waals surface area contributed by atoms with E-state index in [9.17, 15) is 4.79 Å². The predicted octanol–water partition coefficient (Wildman–Crippen LogP) is 3.69. The maximum absolute atomic E-state index is 12.6. The molecule has 0 saturated heterocycles. The molecule has 0 N–H and O–H groups in total. The first kappa shape index (κ1) is 13.2. The van der Waals surface area contributed by atoms with Crippen molar-refractivity contribution < 1.29 is 9.21 Å². The maximum Gasteiger partial charge on any atom is 0.257 e. The Labute approximate surface area is 109 Å². The van der Waals surface area contributed by atoms with Gasteiger partial charge < -0.3 is 9.32 Å². The normalized spacial score (nSPS) is 16.8. The van der Waals surface area contributed by atoms with E-state index in [1.165, 1.54) is 19.3 Å². The Hall–Kier alpha value is -1.25. The van der Waals surface area contributed by atoms with Crippen LogP contribution in [0.5, 0.6) is 0 Å². The molecule has 100 valence electrons. The van der Waals surface area contributed by atoms with Crippen LogP contribution in [0.4, 0.5) is 0 Å². The molecule has 1 aliphatic carbocycles. The first-order chi connectivity index (χ1) is 8.63. The van der Waals surface area contributed by atoms with Gasteiger partial charge in [0.2, 0.25) is 0 Å². The molecule has 0 bridgehead atoms. The van der Waals surface area contributed by atoms with E-state index in [4.69, 9.17) is 4.42 Å². The van der Waals surface area contributed by atoms with Crippen LogP contribution in [0.2, 0.25) is 0 Å². The molecule has 1 aliphatic rings. The summed E-state index contributed by atoms with van der Waals surface area (Å²) >= 11 is 0. The number of hydrogen-bond donors (Lipinski definition) is 0. The summed E-state index contributed by atoms with van der Waals surface area (Å²) in [5.74, 6) is 1.70. The highest BCUT2D eigenvalue weighted by molar-refractivity contribution is 5.95. The Morgan fingerprint density at radius 2 is 2.00 bits per heavy atom. The van der Waals surface area contributed by atoms with Gasteiger partial charge in [-0.3, -0.25) is 4.79 Å². The molecule has 0 unspecified atom stereocenters. The average molecular weight is 249 g/mol. The van der Waals surface area contributed by atoms with Crippen LogP contribution in [0.15, 0.2) is 10.5 Å². The molecule has 0 aliphatic heterocycles. The molecule has 0 radical (unpaired) electrons. The van der Waals surface area contributed by atoms with Crippen molar-refractivity contribution in [3.63, 3.8) is 0 Å². The molecule has 1 amide bonds. The molecule has 3 heteroatoms. The van der Waals surface area contributed by atoms with Crippen molar-refractivity contribution in [3.05, 3.63) is 23.2 Å². The topological polar surface area (TPSA) is 33.5 Å². The van der Waals surface area contributed by atoms with Gasteiger partial charge >= 0.3 is 0 Å². The van der Waals surface area contributed by atoms with Crippen molar-refractivity contribution >= 4 is 5.91 Å². The molecule has 1 saturated carbocycles. The minimum atomic E-state index is 0.138. The van der Waals surface area contributed by atoms with Crippen molar-refractivity contribution in [2.45, 2.75) is 58.9 Å². The molecule has 1 aromatic heterocycles. The zero-order valence-electron chi connectivity index (χ0n) is 11.7. The number of nitrogens with zero attached hydrogens (tertiary/aromatic N) is 1. The molecule has 3 nitrogen and oxygen atoms in total. The Morgan fingerprint density at radius 1 is 1.33 bits per heavy atom. The Kier molecular flexibility index (Phi) is 4.10. The molecule has 2 rings (SSSR count). The molecule has 1 aromatic rings. The van der Waals surface area contributed by atoms with Crippen LogP contribution in [0.1, 0.15) is 60.9 Å². The third-order valence-corrected chi connectivity index (χ3v) is 3.89. The minimum absolute atomic E-state index is 0.138. The second-order valence-electron chi connectivity index (χ2n) is 5.21. The van der Waals surface area contributed by atoms with Crippen LogP contribution in [-0.4, -0.2) is 23.4 Å². The summed E-state index contributed by atoms with van der Waals surface area (Å²) in [6, 6.07) is 2.29. The van der Waals surface area contributed by atoms with Crippen molar-refractivity contribution in [1.29, 1.82) is 0 Å². The van der Waals surface area contributed by atoms with Gasteiger partial charge in [0, 0.05) is 12.6 Å². The van der Waals surface area contributed by atoms with Gasteiger partial charge in [0.05, 0.1) is 5.56 Å². The van der Waals surface area contributed by atoms with E-state index < -0.39 is 0 Å². The highest BCUT2D eigenvalue weighted by Crippen LogP contribution is 2.25. The molecule has 1 fully saturated rings. The molecule has 1 heterocycles. The lowest BCUT2D eigenvalue weighted by atomic mass is 9.93. The average Bonchev–Trinajstić information content (AvgIpc) is 2.70. The second kappa shape index (κ2) is 5.59. The van der Waals surface area contributed by atoms with Crippen LogP contribution in [0.3, 0.4) is 0 Å². The van der Waals surface area contributed by atoms with Gasteiger partial charge in [-0.2, -0.15) is 0 Å². The summed E-state index contributed by atoms with van der Waals surface area (Å²) < 4.78 is 5.47. The number of carbonyl (C=O) groups excluding carboxylic acids is 1. The molecule has 0 aromatic carbocycles. The Morgan fingerprint density at radius 3 is 2.50 bits per heavy atom. The van der Waals surface area contributed by atoms with Crippen molar-refractivity contribution in [2.75, 3.05) is 6.54 Å². The Bertz CT molecular complexity index is 416. The summed E-state index contributed by atoms with van der Waals surface area (Å²) in [5, 5.41) is 0. The van der Waals surface area contributed by atoms with Crippen molar-refractivity contribution in [2.24, 2.45) is 0 Å². The fourth-order valence-electron chi connectivity index (χ4n) is 2.96. The number of carbonyl (C=O) groups is 1. The van der Waals surface area contributed by atoms with Gasteiger partial charge in [-0.15, -0.1) is 0 Å². The molecular weight excluding hydrogens is 226 g/mol. The van der Waals surface area contributed by atoms with E-state index in [0.29, 0.717) is 6.04 Å². The van der Waals surface area contributed by atoms with Gasteiger partial charge in [0.15, 0.2) is 0 Å². The van der Waals surface area contributed by atoms with Crippen LogP contribution >= 0.6 is 0 Å². The summed E-state index contributed by atoms with van der Waals surface area (Å²) in [7, 11) is 0. The molecular formula is C15H23NO2. The molecule has 0 spiro atoms. The van der Waals surface area contributed by atoms with Crippen molar-refractivity contribution in [3.8, 4) is 0 Å². The standard InChI is InChI=1S/C15H23NO2/c1-4-16(13-8-6-5-7-9-13)15(17)14-10-11(2)18-12(14)3/h10,13H,4-9H2,1-3H3. The largest absolute Gasteiger partial charge is 0.466 e. The summed E-state index contributed by atoms with van der Waals surface area (Å²) in [6.45, 7) is 6.61. The molecule has 18 heavy (non-hydrogen) atoms. The molecule has 0 atom stereocenters. The third-order valence-electron chi connectivity index (χ3n) is 3.89. The first-order valence-electron chi connectivity index (χ1n) is 7.01. The highest BCUT2D eigenvalue weighted by atomic mass is 16.3. The SMILES string of the molecule is CCN(C(=O)c1cc(C)oc1C)C1CCCCC1. The maximum atomic E-state index is 12.6. The zero-order chi connectivity index (χ0) is 13.1. The van der Waals surface area contributed by atoms with Crippen LogP contribution in [-0.2, 0) is 0 Å². The van der Waals surface area contributed by atoms with Crippen LogP contribution < -0.4 is 0 Å². The lowest BCUT2D eigenvalue weighted by molar-refractivity contribution is 0.0646. The fourth-order valence-corrected chi connectivity index (χ4v) is 2.96. The fraction of sp³-hybridized carbons (Fsp3) is 0.667. The van der Waals surface area contributed by atoms with Gasteiger partial charge in [-0.05, 0) is 39.7 Å². The Balaban J connectivity index is 2.16. The lowest BCUT2D eigenvalue weighted by Gasteiger charge is -2.33. The lowest BCUT2D eigenvalue weighted by Crippen LogP contribution is -2.41. The number of hydrogen-bond acceptors (Lipinski definition) is 2.